The highest BCUT2D eigenvalue weighted by Crippen LogP contribution is 2.38. The number of carbonyl (C=O) groups excluding carboxylic acids is 1. The van der Waals surface area contributed by atoms with Gasteiger partial charge in [-0.15, -0.1) is 0 Å². The first kappa shape index (κ1) is 20.4. The van der Waals surface area contributed by atoms with Gasteiger partial charge >= 0.3 is 5.97 Å². The van der Waals surface area contributed by atoms with Crippen molar-refractivity contribution in [3.05, 3.63) is 22.7 Å². The normalized spacial score (nSPS) is 19.5. The van der Waals surface area contributed by atoms with Crippen LogP contribution < -0.4 is 9.47 Å². The molecule has 1 fully saturated rings. The predicted molar refractivity (Wildman–Crippen MR) is 99.3 cm³/mol. The molecule has 7 heteroatoms. The topological polar surface area (TPSA) is 76.1 Å². The van der Waals surface area contributed by atoms with E-state index in [-0.39, 0.29) is 12.5 Å². The van der Waals surface area contributed by atoms with Gasteiger partial charge in [-0.1, -0.05) is 24.9 Å². The number of aliphatic carboxylic acids is 1. The third-order valence-corrected chi connectivity index (χ3v) is 4.86. The van der Waals surface area contributed by atoms with E-state index in [9.17, 15) is 14.7 Å². The van der Waals surface area contributed by atoms with Crippen molar-refractivity contribution in [2.24, 2.45) is 5.41 Å². The van der Waals surface area contributed by atoms with Gasteiger partial charge in [0.2, 0.25) is 0 Å². The molecular formula is C19H26ClNO5. The number of carboxylic acids is 1. The molecule has 1 aliphatic heterocycles. The second kappa shape index (κ2) is 8.62. The average molecular weight is 384 g/mol. The van der Waals surface area contributed by atoms with E-state index < -0.39 is 11.4 Å². The predicted octanol–water partition coefficient (Wildman–Crippen LogP) is 3.85. The summed E-state index contributed by atoms with van der Waals surface area (Å²) < 4.78 is 11.3. The number of unbranched alkanes of at least 4 members (excludes halogenated alkanes) is 1. The Morgan fingerprint density at radius 3 is 2.62 bits per heavy atom. The molecule has 1 heterocycles. The summed E-state index contributed by atoms with van der Waals surface area (Å²) >= 11 is 6.34. The summed E-state index contributed by atoms with van der Waals surface area (Å²) in [4.78, 5) is 25.8. The van der Waals surface area contributed by atoms with Crippen LogP contribution in [0.4, 0.5) is 0 Å². The molecule has 1 saturated heterocycles. The fourth-order valence-corrected chi connectivity index (χ4v) is 3.17. The maximum atomic E-state index is 12.8. The summed E-state index contributed by atoms with van der Waals surface area (Å²) in [5.41, 5.74) is -0.540. The molecule has 1 N–H and O–H groups in total. The van der Waals surface area contributed by atoms with E-state index in [1.807, 2.05) is 6.92 Å². The zero-order valence-electron chi connectivity index (χ0n) is 15.5. The van der Waals surface area contributed by atoms with E-state index >= 15 is 0 Å². The van der Waals surface area contributed by atoms with Crippen molar-refractivity contribution in [3.63, 3.8) is 0 Å². The molecule has 6 nitrogen and oxygen atoms in total. The summed E-state index contributed by atoms with van der Waals surface area (Å²) in [6.07, 6.45) is 2.32. The molecule has 0 bridgehead atoms. The lowest BCUT2D eigenvalue weighted by atomic mass is 9.90. The lowest BCUT2D eigenvalue weighted by Crippen LogP contribution is -2.34. The van der Waals surface area contributed by atoms with Crippen molar-refractivity contribution in [1.82, 2.24) is 4.90 Å². The minimum absolute atomic E-state index is 0.178. The molecule has 1 amide bonds. The molecule has 1 aromatic carbocycles. The van der Waals surface area contributed by atoms with Crippen molar-refractivity contribution in [1.29, 1.82) is 0 Å². The van der Waals surface area contributed by atoms with Gasteiger partial charge in [-0.05, 0) is 38.8 Å². The Balaban J connectivity index is 2.24. The van der Waals surface area contributed by atoms with Gasteiger partial charge < -0.3 is 19.5 Å². The van der Waals surface area contributed by atoms with Crippen molar-refractivity contribution >= 4 is 23.5 Å². The summed E-state index contributed by atoms with van der Waals surface area (Å²) in [6, 6.07) is 3.18. The first-order valence-electron chi connectivity index (χ1n) is 8.94. The van der Waals surface area contributed by atoms with Crippen LogP contribution in [0.2, 0.25) is 5.02 Å². The van der Waals surface area contributed by atoms with Crippen molar-refractivity contribution in [3.8, 4) is 11.5 Å². The molecule has 1 aromatic rings. The highest BCUT2D eigenvalue weighted by Gasteiger charge is 2.42. The smallest absolute Gasteiger partial charge is 0.311 e. The van der Waals surface area contributed by atoms with E-state index in [4.69, 9.17) is 21.1 Å². The third kappa shape index (κ3) is 4.41. The molecule has 1 aliphatic rings. The van der Waals surface area contributed by atoms with Crippen LogP contribution in [0.25, 0.3) is 0 Å². The number of halogens is 1. The van der Waals surface area contributed by atoms with Gasteiger partial charge in [0.1, 0.15) is 0 Å². The highest BCUT2D eigenvalue weighted by molar-refractivity contribution is 6.32. The van der Waals surface area contributed by atoms with Crippen LogP contribution in [0.1, 0.15) is 50.4 Å². The number of carboxylic acid groups (broad SMARTS) is 1. The Bertz CT molecular complexity index is 678. The first-order valence-corrected chi connectivity index (χ1v) is 9.32. The number of carbonyl (C=O) groups is 2. The van der Waals surface area contributed by atoms with Gasteiger partial charge in [0.15, 0.2) is 11.5 Å². The molecule has 0 spiro atoms. The second-order valence-electron chi connectivity index (χ2n) is 6.76. The molecule has 26 heavy (non-hydrogen) atoms. The molecule has 1 unspecified atom stereocenters. The number of hydrogen-bond donors (Lipinski definition) is 1. The molecule has 0 aliphatic carbocycles. The van der Waals surface area contributed by atoms with Crippen molar-refractivity contribution in [2.75, 3.05) is 26.3 Å². The van der Waals surface area contributed by atoms with E-state index in [1.54, 1.807) is 24.0 Å². The van der Waals surface area contributed by atoms with Gasteiger partial charge in [-0.3, -0.25) is 9.59 Å². The number of likely N-dealkylation sites (tertiary alicyclic amines) is 1. The molecule has 0 aromatic heterocycles. The van der Waals surface area contributed by atoms with Gasteiger partial charge in [-0.25, -0.2) is 0 Å². The molecule has 1 atom stereocenters. The maximum Gasteiger partial charge on any atom is 0.311 e. The molecular weight excluding hydrogens is 358 g/mol. The first-order chi connectivity index (χ1) is 12.3. The number of nitrogens with zero attached hydrogens (tertiary/aromatic N) is 1. The highest BCUT2D eigenvalue weighted by atomic mass is 35.5. The van der Waals surface area contributed by atoms with Crippen molar-refractivity contribution < 1.29 is 24.2 Å². The minimum atomic E-state index is -0.911. The lowest BCUT2D eigenvalue weighted by Gasteiger charge is -2.21. The Kier molecular flexibility index (Phi) is 6.75. The fraction of sp³-hybridized carbons (Fsp3) is 0.579. The Morgan fingerprint density at radius 2 is 2.04 bits per heavy atom. The fourth-order valence-electron chi connectivity index (χ4n) is 2.90. The summed E-state index contributed by atoms with van der Waals surface area (Å²) in [7, 11) is 0. The number of hydrogen-bond acceptors (Lipinski definition) is 4. The van der Waals surface area contributed by atoms with Gasteiger partial charge in [-0.2, -0.15) is 0 Å². The van der Waals surface area contributed by atoms with Crippen LogP contribution in [-0.4, -0.2) is 48.2 Å². The quantitative estimate of drug-likeness (QED) is 0.690. The largest absolute Gasteiger partial charge is 0.490 e. The standard InChI is InChI=1S/C19H26ClNO5/c1-4-6-9-26-16-14(20)10-13(11-15(16)25-5-2)17(22)21-8-7-19(3,12-21)18(23)24/h10-11H,4-9,12H2,1-3H3,(H,23,24). The van der Waals surface area contributed by atoms with Crippen LogP contribution in [-0.2, 0) is 4.79 Å². The van der Waals surface area contributed by atoms with Gasteiger partial charge in [0.05, 0.1) is 23.7 Å². The summed E-state index contributed by atoms with van der Waals surface area (Å²) in [5.74, 6) is -0.270. The van der Waals surface area contributed by atoms with E-state index in [0.717, 1.165) is 12.8 Å². The average Bonchev–Trinajstić information content (AvgIpc) is 3.00. The monoisotopic (exact) mass is 383 g/mol. The molecule has 0 radical (unpaired) electrons. The molecule has 144 valence electrons. The number of ether oxygens (including phenoxy) is 2. The summed E-state index contributed by atoms with van der Waals surface area (Å²) in [5, 5.41) is 9.66. The number of rotatable bonds is 8. The van der Waals surface area contributed by atoms with Crippen LogP contribution in [0.5, 0.6) is 11.5 Å². The van der Waals surface area contributed by atoms with Gasteiger partial charge in [0.25, 0.3) is 5.91 Å². The zero-order valence-corrected chi connectivity index (χ0v) is 16.3. The van der Waals surface area contributed by atoms with Crippen molar-refractivity contribution in [2.45, 2.75) is 40.0 Å². The van der Waals surface area contributed by atoms with Gasteiger partial charge in [0, 0.05) is 18.7 Å². The second-order valence-corrected chi connectivity index (χ2v) is 7.17. The maximum absolute atomic E-state index is 12.8. The lowest BCUT2D eigenvalue weighted by molar-refractivity contribution is -0.147. The Morgan fingerprint density at radius 1 is 1.31 bits per heavy atom. The Labute approximate surface area is 159 Å². The molecule has 2 rings (SSSR count). The van der Waals surface area contributed by atoms with Crippen LogP contribution in [0, 0.1) is 5.41 Å². The Hall–Kier alpha value is -1.95. The van der Waals surface area contributed by atoms with Crippen LogP contribution in [0.3, 0.4) is 0 Å². The number of amides is 1. The van der Waals surface area contributed by atoms with Crippen LogP contribution >= 0.6 is 11.6 Å². The van der Waals surface area contributed by atoms with Crippen LogP contribution in [0.15, 0.2) is 12.1 Å². The third-order valence-electron chi connectivity index (χ3n) is 4.58. The SMILES string of the molecule is CCCCOc1c(Cl)cc(C(=O)N2CCC(C)(C(=O)O)C2)cc1OCC. The van der Waals surface area contributed by atoms with E-state index in [1.165, 1.54) is 0 Å². The van der Waals surface area contributed by atoms with E-state index in [2.05, 4.69) is 6.92 Å². The minimum Gasteiger partial charge on any atom is -0.490 e. The summed E-state index contributed by atoms with van der Waals surface area (Å²) in [6.45, 7) is 7.08. The number of benzene rings is 1. The zero-order chi connectivity index (χ0) is 19.3. The molecule has 0 saturated carbocycles. The van der Waals surface area contributed by atoms with E-state index in [0.29, 0.717) is 48.3 Å².